The van der Waals surface area contributed by atoms with Crippen LogP contribution in [0.2, 0.25) is 4.34 Å². The van der Waals surface area contributed by atoms with Crippen LogP contribution in [-0.2, 0) is 6.54 Å². The molecule has 3 aromatic heterocycles. The van der Waals surface area contributed by atoms with Gasteiger partial charge in [0.1, 0.15) is 23.0 Å². The highest BCUT2D eigenvalue weighted by Gasteiger charge is 2.20. The molecule has 26 heavy (non-hydrogen) atoms. The predicted molar refractivity (Wildman–Crippen MR) is 92.7 cm³/mol. The van der Waals surface area contributed by atoms with Crippen LogP contribution >= 0.6 is 22.9 Å². The third-order valence-electron chi connectivity index (χ3n) is 3.82. The van der Waals surface area contributed by atoms with Crippen molar-refractivity contribution >= 4 is 39.8 Å². The van der Waals surface area contributed by atoms with Crippen molar-refractivity contribution in [1.82, 2.24) is 9.72 Å². The molecule has 3 heterocycles. The Labute approximate surface area is 154 Å². The smallest absolute Gasteiger partial charge is 0.352 e. The molecule has 0 saturated heterocycles. The number of hydrogen-bond donors (Lipinski definition) is 1. The Morgan fingerprint density at radius 3 is 2.77 bits per heavy atom. The summed E-state index contributed by atoms with van der Waals surface area (Å²) < 4.78 is 34.8. The number of aromatic carboxylic acids is 1. The topological polar surface area (TPSA) is 68.3 Å². The highest BCUT2D eigenvalue weighted by atomic mass is 35.5. The van der Waals surface area contributed by atoms with Crippen molar-refractivity contribution in [2.75, 3.05) is 0 Å². The number of thiophene rings is 1. The molecule has 0 bridgehead atoms. The van der Waals surface area contributed by atoms with E-state index in [0.29, 0.717) is 21.9 Å². The first-order valence-electron chi connectivity index (χ1n) is 7.35. The molecule has 1 aromatic carbocycles. The van der Waals surface area contributed by atoms with Crippen molar-refractivity contribution in [3.63, 3.8) is 0 Å². The number of nitrogens with zero attached hydrogens (tertiary/aromatic N) is 2. The number of benzene rings is 1. The number of hydrogen-bond acceptors (Lipinski definition) is 4. The van der Waals surface area contributed by atoms with Crippen molar-refractivity contribution < 1.29 is 23.2 Å². The Hall–Kier alpha value is -2.71. The van der Waals surface area contributed by atoms with Crippen LogP contribution in [0.3, 0.4) is 0 Å². The standard InChI is InChI=1S/C17H9ClF2N2O3S/c18-15-2-1-14(26-15)13-6-10(21-25-13)7-22-12(17(23)24)4-8-3-9(19)5-11(20)16(8)22/h1-6H,7H2,(H,23,24). The van der Waals surface area contributed by atoms with Crippen LogP contribution in [0.4, 0.5) is 8.78 Å². The monoisotopic (exact) mass is 394 g/mol. The summed E-state index contributed by atoms with van der Waals surface area (Å²) in [7, 11) is 0. The van der Waals surface area contributed by atoms with E-state index in [2.05, 4.69) is 5.16 Å². The minimum Gasteiger partial charge on any atom is -0.477 e. The minimum absolute atomic E-state index is 0.00693. The van der Waals surface area contributed by atoms with E-state index in [-0.39, 0.29) is 23.1 Å². The first-order chi connectivity index (χ1) is 12.4. The van der Waals surface area contributed by atoms with E-state index in [4.69, 9.17) is 16.1 Å². The molecule has 0 atom stereocenters. The fourth-order valence-corrected chi connectivity index (χ4v) is 3.77. The van der Waals surface area contributed by atoms with E-state index in [0.717, 1.165) is 10.9 Å². The third kappa shape index (κ3) is 2.87. The van der Waals surface area contributed by atoms with E-state index >= 15 is 0 Å². The maximum absolute atomic E-state index is 14.2. The molecule has 0 aliphatic heterocycles. The zero-order valence-electron chi connectivity index (χ0n) is 12.9. The molecular weight excluding hydrogens is 386 g/mol. The third-order valence-corrected chi connectivity index (χ3v) is 5.07. The molecule has 0 unspecified atom stereocenters. The fourth-order valence-electron chi connectivity index (χ4n) is 2.78. The Balaban J connectivity index is 1.78. The van der Waals surface area contributed by atoms with Crippen LogP contribution in [0.15, 0.2) is 40.9 Å². The molecule has 0 aliphatic carbocycles. The van der Waals surface area contributed by atoms with Crippen molar-refractivity contribution in [2.45, 2.75) is 6.54 Å². The molecular formula is C17H9ClF2N2O3S. The molecule has 9 heteroatoms. The molecule has 5 nitrogen and oxygen atoms in total. The molecule has 0 amide bonds. The zero-order chi connectivity index (χ0) is 18.4. The second-order valence-electron chi connectivity index (χ2n) is 5.53. The number of carbonyl (C=O) groups is 1. The summed E-state index contributed by atoms with van der Waals surface area (Å²) in [5, 5.41) is 13.5. The minimum atomic E-state index is -1.25. The summed E-state index contributed by atoms with van der Waals surface area (Å²) in [6.07, 6.45) is 0. The van der Waals surface area contributed by atoms with Gasteiger partial charge >= 0.3 is 5.97 Å². The lowest BCUT2D eigenvalue weighted by Gasteiger charge is -2.06. The lowest BCUT2D eigenvalue weighted by molar-refractivity contribution is 0.0686. The summed E-state index contributed by atoms with van der Waals surface area (Å²) in [5.41, 5.74) is 0.217. The molecule has 1 N–H and O–H groups in total. The van der Waals surface area contributed by atoms with E-state index in [9.17, 15) is 18.7 Å². The van der Waals surface area contributed by atoms with Crippen molar-refractivity contribution in [3.8, 4) is 10.6 Å². The highest BCUT2D eigenvalue weighted by molar-refractivity contribution is 7.19. The van der Waals surface area contributed by atoms with Gasteiger partial charge in [-0.05, 0) is 24.3 Å². The predicted octanol–water partition coefficient (Wildman–Crippen LogP) is 5.04. The quantitative estimate of drug-likeness (QED) is 0.526. The molecule has 0 spiro atoms. The van der Waals surface area contributed by atoms with Gasteiger partial charge in [0, 0.05) is 17.5 Å². The van der Waals surface area contributed by atoms with Crippen molar-refractivity contribution in [1.29, 1.82) is 0 Å². The van der Waals surface area contributed by atoms with Gasteiger partial charge in [0.25, 0.3) is 0 Å². The lowest BCUT2D eigenvalue weighted by Crippen LogP contribution is -2.10. The molecule has 0 aliphatic rings. The summed E-state index contributed by atoms with van der Waals surface area (Å²) in [6.45, 7) is -0.0453. The zero-order valence-corrected chi connectivity index (χ0v) is 14.4. The van der Waals surface area contributed by atoms with Gasteiger partial charge in [-0.3, -0.25) is 0 Å². The summed E-state index contributed by atoms with van der Waals surface area (Å²) in [5.74, 6) is -2.41. The fraction of sp³-hybridized carbons (Fsp3) is 0.0588. The van der Waals surface area contributed by atoms with Gasteiger partial charge in [-0.25, -0.2) is 13.6 Å². The number of carboxylic acids is 1. The number of carboxylic acid groups (broad SMARTS) is 1. The van der Waals surface area contributed by atoms with Gasteiger partial charge in [0.05, 0.1) is 21.3 Å². The number of fused-ring (bicyclic) bond motifs is 1. The van der Waals surface area contributed by atoms with Gasteiger partial charge in [-0.1, -0.05) is 16.8 Å². The molecule has 0 saturated carbocycles. The maximum Gasteiger partial charge on any atom is 0.352 e. The van der Waals surface area contributed by atoms with Crippen molar-refractivity contribution in [3.05, 3.63) is 63.8 Å². The lowest BCUT2D eigenvalue weighted by atomic mass is 10.2. The number of halogens is 3. The molecule has 0 radical (unpaired) electrons. The normalized spacial score (nSPS) is 11.3. The summed E-state index contributed by atoms with van der Waals surface area (Å²) in [6, 6.07) is 8.14. The number of rotatable bonds is 4. The van der Waals surface area contributed by atoms with Gasteiger partial charge in [-0.15, -0.1) is 11.3 Å². The molecule has 4 aromatic rings. The van der Waals surface area contributed by atoms with Crippen LogP contribution in [-0.4, -0.2) is 20.8 Å². The van der Waals surface area contributed by atoms with E-state index in [1.165, 1.54) is 22.0 Å². The second-order valence-corrected chi connectivity index (χ2v) is 7.25. The Bertz CT molecular complexity index is 1150. The largest absolute Gasteiger partial charge is 0.477 e. The Morgan fingerprint density at radius 1 is 1.27 bits per heavy atom. The van der Waals surface area contributed by atoms with Gasteiger partial charge < -0.3 is 14.2 Å². The maximum atomic E-state index is 14.2. The first-order valence-corrected chi connectivity index (χ1v) is 8.54. The van der Waals surface area contributed by atoms with E-state index < -0.39 is 17.6 Å². The van der Waals surface area contributed by atoms with E-state index in [1.807, 2.05) is 0 Å². The summed E-state index contributed by atoms with van der Waals surface area (Å²) in [4.78, 5) is 12.3. The van der Waals surface area contributed by atoms with Crippen LogP contribution in [0, 0.1) is 11.6 Å². The second kappa shape index (κ2) is 6.22. The van der Waals surface area contributed by atoms with Gasteiger partial charge in [0.2, 0.25) is 0 Å². The summed E-state index contributed by atoms with van der Waals surface area (Å²) >= 11 is 7.20. The van der Waals surface area contributed by atoms with Crippen LogP contribution in [0.1, 0.15) is 16.2 Å². The molecule has 132 valence electrons. The highest BCUT2D eigenvalue weighted by Crippen LogP contribution is 2.32. The molecule has 4 rings (SSSR count). The number of aromatic nitrogens is 2. The van der Waals surface area contributed by atoms with Crippen LogP contribution in [0.25, 0.3) is 21.5 Å². The first kappa shape index (κ1) is 16.7. The van der Waals surface area contributed by atoms with Crippen LogP contribution in [0.5, 0.6) is 0 Å². The van der Waals surface area contributed by atoms with E-state index in [1.54, 1.807) is 18.2 Å². The Kier molecular flexibility index (Phi) is 4.01. The van der Waals surface area contributed by atoms with Crippen molar-refractivity contribution in [2.24, 2.45) is 0 Å². The average molecular weight is 395 g/mol. The SMILES string of the molecule is O=C(O)c1cc2cc(F)cc(F)c2n1Cc1cc(-c2ccc(Cl)s2)on1. The van der Waals surface area contributed by atoms with Gasteiger partial charge in [-0.2, -0.15) is 0 Å². The Morgan fingerprint density at radius 2 is 2.08 bits per heavy atom. The average Bonchev–Trinajstić information content (AvgIpc) is 3.26. The van der Waals surface area contributed by atoms with Crippen LogP contribution < -0.4 is 0 Å². The van der Waals surface area contributed by atoms with Gasteiger partial charge in [0.15, 0.2) is 5.76 Å². The molecule has 0 fully saturated rings.